The predicted molar refractivity (Wildman–Crippen MR) is 81.9 cm³/mol. The standard InChI is InChI=1S/C15H13FN4OS/c1-20-7-6-17-13(20)9-18-14(21)12-8-19-15(22-12)10-4-2-3-5-11(10)16/h2-8H,9H2,1H3,(H,18,21). The van der Waals surface area contributed by atoms with E-state index in [0.717, 1.165) is 17.2 Å². The first kappa shape index (κ1) is 14.4. The second kappa shape index (κ2) is 6.07. The van der Waals surface area contributed by atoms with Gasteiger partial charge in [0.05, 0.1) is 12.7 Å². The lowest BCUT2D eigenvalue weighted by Crippen LogP contribution is -2.23. The Morgan fingerprint density at radius 3 is 2.91 bits per heavy atom. The molecule has 0 aliphatic heterocycles. The van der Waals surface area contributed by atoms with Crippen molar-refractivity contribution in [2.24, 2.45) is 7.05 Å². The zero-order valence-electron chi connectivity index (χ0n) is 11.8. The molecule has 0 aliphatic carbocycles. The molecule has 7 heteroatoms. The van der Waals surface area contributed by atoms with Gasteiger partial charge in [-0.1, -0.05) is 12.1 Å². The molecule has 0 atom stereocenters. The number of carbonyl (C=O) groups excluding carboxylic acids is 1. The van der Waals surface area contributed by atoms with E-state index in [4.69, 9.17) is 0 Å². The average molecular weight is 316 g/mol. The third-order valence-electron chi connectivity index (χ3n) is 3.16. The number of amides is 1. The van der Waals surface area contributed by atoms with Gasteiger partial charge in [0.25, 0.3) is 5.91 Å². The molecule has 1 N–H and O–H groups in total. The van der Waals surface area contributed by atoms with Crippen molar-refractivity contribution in [1.29, 1.82) is 0 Å². The summed E-state index contributed by atoms with van der Waals surface area (Å²) >= 11 is 1.16. The molecule has 0 bridgehead atoms. The van der Waals surface area contributed by atoms with Gasteiger partial charge in [0.1, 0.15) is 21.5 Å². The lowest BCUT2D eigenvalue weighted by molar-refractivity contribution is 0.0953. The monoisotopic (exact) mass is 316 g/mol. The lowest BCUT2D eigenvalue weighted by Gasteiger charge is -2.03. The van der Waals surface area contributed by atoms with Gasteiger partial charge >= 0.3 is 0 Å². The molecule has 0 fully saturated rings. The van der Waals surface area contributed by atoms with Crippen molar-refractivity contribution in [3.05, 3.63) is 59.4 Å². The van der Waals surface area contributed by atoms with Gasteiger partial charge in [-0.05, 0) is 12.1 Å². The smallest absolute Gasteiger partial charge is 0.263 e. The van der Waals surface area contributed by atoms with Crippen molar-refractivity contribution in [2.45, 2.75) is 6.54 Å². The molecule has 0 aliphatic rings. The number of hydrogen-bond acceptors (Lipinski definition) is 4. The summed E-state index contributed by atoms with van der Waals surface area (Å²) in [6, 6.07) is 6.37. The Kier molecular flexibility index (Phi) is 3.97. The van der Waals surface area contributed by atoms with Crippen LogP contribution in [0.25, 0.3) is 10.6 Å². The number of nitrogens with one attached hydrogen (secondary N) is 1. The van der Waals surface area contributed by atoms with Crippen molar-refractivity contribution < 1.29 is 9.18 Å². The highest BCUT2D eigenvalue weighted by Crippen LogP contribution is 2.27. The second-order valence-corrected chi connectivity index (χ2v) is 5.68. The van der Waals surface area contributed by atoms with Crippen LogP contribution in [0.2, 0.25) is 0 Å². The molecule has 3 aromatic rings. The predicted octanol–water partition coefficient (Wildman–Crippen LogP) is 2.61. The number of aryl methyl sites for hydroxylation is 1. The van der Waals surface area contributed by atoms with E-state index in [9.17, 15) is 9.18 Å². The Labute approximate surface area is 130 Å². The lowest BCUT2D eigenvalue weighted by atomic mass is 10.2. The highest BCUT2D eigenvalue weighted by molar-refractivity contribution is 7.16. The number of nitrogens with zero attached hydrogens (tertiary/aromatic N) is 3. The van der Waals surface area contributed by atoms with Crippen LogP contribution >= 0.6 is 11.3 Å². The maximum Gasteiger partial charge on any atom is 0.263 e. The quantitative estimate of drug-likeness (QED) is 0.805. The Bertz CT molecular complexity index is 811. The minimum atomic E-state index is -0.350. The highest BCUT2D eigenvalue weighted by Gasteiger charge is 2.14. The van der Waals surface area contributed by atoms with Gasteiger partial charge < -0.3 is 9.88 Å². The molecule has 0 spiro atoms. The third-order valence-corrected chi connectivity index (χ3v) is 4.19. The number of imidazole rings is 1. The van der Waals surface area contributed by atoms with Crippen LogP contribution in [0, 0.1) is 5.82 Å². The molecule has 1 amide bonds. The van der Waals surface area contributed by atoms with Crippen LogP contribution in [0.5, 0.6) is 0 Å². The maximum atomic E-state index is 13.7. The number of rotatable bonds is 4. The molecule has 0 saturated heterocycles. The van der Waals surface area contributed by atoms with Crippen LogP contribution in [0.4, 0.5) is 4.39 Å². The summed E-state index contributed by atoms with van der Waals surface area (Å²) in [5, 5.41) is 3.26. The Hall–Kier alpha value is -2.54. The number of hydrogen-bond donors (Lipinski definition) is 1. The molecule has 0 saturated carbocycles. The summed E-state index contributed by atoms with van der Waals surface area (Å²) in [5.74, 6) is 0.159. The highest BCUT2D eigenvalue weighted by atomic mass is 32.1. The van der Waals surface area contributed by atoms with Gasteiger partial charge in [-0.2, -0.15) is 0 Å². The van der Waals surface area contributed by atoms with Gasteiger partial charge in [0.15, 0.2) is 0 Å². The molecule has 0 radical (unpaired) electrons. The molecule has 3 rings (SSSR count). The Morgan fingerprint density at radius 2 is 2.18 bits per heavy atom. The maximum absolute atomic E-state index is 13.7. The number of aromatic nitrogens is 3. The van der Waals surface area contributed by atoms with E-state index in [1.807, 2.05) is 17.8 Å². The van der Waals surface area contributed by atoms with Crippen molar-refractivity contribution in [1.82, 2.24) is 19.9 Å². The van der Waals surface area contributed by atoms with Gasteiger partial charge in [-0.3, -0.25) is 4.79 Å². The normalized spacial score (nSPS) is 10.6. The van der Waals surface area contributed by atoms with Gasteiger partial charge in [-0.25, -0.2) is 14.4 Å². The summed E-state index contributed by atoms with van der Waals surface area (Å²) in [5.41, 5.74) is 0.399. The van der Waals surface area contributed by atoms with E-state index >= 15 is 0 Å². The summed E-state index contributed by atoms with van der Waals surface area (Å²) in [6.45, 7) is 0.329. The fourth-order valence-electron chi connectivity index (χ4n) is 1.95. The summed E-state index contributed by atoms with van der Waals surface area (Å²) < 4.78 is 15.6. The summed E-state index contributed by atoms with van der Waals surface area (Å²) in [6.07, 6.45) is 4.94. The first-order valence-electron chi connectivity index (χ1n) is 6.60. The van der Waals surface area contributed by atoms with Crippen molar-refractivity contribution >= 4 is 17.2 Å². The van der Waals surface area contributed by atoms with E-state index in [-0.39, 0.29) is 11.7 Å². The van der Waals surface area contributed by atoms with Gasteiger partial charge in [0.2, 0.25) is 0 Å². The molecule has 0 unspecified atom stereocenters. The number of thiazole rings is 1. The molecule has 2 aromatic heterocycles. The van der Waals surface area contributed by atoms with Crippen LogP contribution in [-0.2, 0) is 13.6 Å². The van der Waals surface area contributed by atoms with Crippen molar-refractivity contribution in [3.8, 4) is 10.6 Å². The zero-order chi connectivity index (χ0) is 15.5. The van der Waals surface area contributed by atoms with Gasteiger partial charge in [-0.15, -0.1) is 11.3 Å². The first-order chi connectivity index (χ1) is 10.6. The average Bonchev–Trinajstić information content (AvgIpc) is 3.14. The minimum Gasteiger partial charge on any atom is -0.344 e. The second-order valence-electron chi connectivity index (χ2n) is 4.65. The molecule has 1 aromatic carbocycles. The number of carbonyl (C=O) groups is 1. The third kappa shape index (κ3) is 2.89. The van der Waals surface area contributed by atoms with Crippen LogP contribution in [0.15, 0.2) is 42.9 Å². The van der Waals surface area contributed by atoms with E-state index in [1.54, 1.807) is 24.4 Å². The fraction of sp³-hybridized carbons (Fsp3) is 0.133. The van der Waals surface area contributed by atoms with E-state index in [0.29, 0.717) is 22.0 Å². The SMILES string of the molecule is Cn1ccnc1CNC(=O)c1cnc(-c2ccccc2F)s1. The Morgan fingerprint density at radius 1 is 1.36 bits per heavy atom. The number of halogens is 1. The molecule has 22 heavy (non-hydrogen) atoms. The van der Waals surface area contributed by atoms with Crippen LogP contribution in [0.1, 0.15) is 15.5 Å². The minimum absolute atomic E-state index is 0.247. The zero-order valence-corrected chi connectivity index (χ0v) is 12.6. The van der Waals surface area contributed by atoms with Gasteiger partial charge in [0, 0.05) is 25.0 Å². The Balaban J connectivity index is 1.72. The molecular formula is C15H13FN4OS. The topological polar surface area (TPSA) is 59.8 Å². The molecular weight excluding hydrogens is 303 g/mol. The summed E-state index contributed by atoms with van der Waals surface area (Å²) in [7, 11) is 1.86. The van der Waals surface area contributed by atoms with E-state index < -0.39 is 0 Å². The van der Waals surface area contributed by atoms with Crippen molar-refractivity contribution in [2.75, 3.05) is 0 Å². The number of benzene rings is 1. The van der Waals surface area contributed by atoms with Crippen molar-refractivity contribution in [3.63, 3.8) is 0 Å². The van der Waals surface area contributed by atoms with E-state index in [2.05, 4.69) is 15.3 Å². The molecule has 112 valence electrons. The fourth-order valence-corrected chi connectivity index (χ4v) is 2.81. The van der Waals surface area contributed by atoms with Crippen LogP contribution in [0.3, 0.4) is 0 Å². The van der Waals surface area contributed by atoms with Crippen LogP contribution in [-0.4, -0.2) is 20.4 Å². The first-order valence-corrected chi connectivity index (χ1v) is 7.42. The molecule has 5 nitrogen and oxygen atoms in total. The largest absolute Gasteiger partial charge is 0.344 e. The van der Waals surface area contributed by atoms with Crippen LogP contribution < -0.4 is 5.32 Å². The molecule has 2 heterocycles. The van der Waals surface area contributed by atoms with E-state index in [1.165, 1.54) is 12.3 Å². The summed E-state index contributed by atoms with van der Waals surface area (Å²) in [4.78, 5) is 20.8.